The molecule has 0 aromatic heterocycles. The van der Waals surface area contributed by atoms with Gasteiger partial charge >= 0.3 is 6.18 Å². The number of rotatable bonds is 7. The third-order valence-electron chi connectivity index (χ3n) is 4.22. The van der Waals surface area contributed by atoms with E-state index < -0.39 is 17.5 Å². The Kier molecular flexibility index (Phi) is 6.40. The quantitative estimate of drug-likeness (QED) is 0.496. The van der Waals surface area contributed by atoms with Crippen molar-refractivity contribution < 1.29 is 22.6 Å². The van der Waals surface area contributed by atoms with Gasteiger partial charge in [-0.25, -0.2) is 0 Å². The number of nitrogens with zero attached hydrogens (tertiary/aromatic N) is 1. The molecule has 0 spiro atoms. The summed E-state index contributed by atoms with van der Waals surface area (Å²) in [5, 5.41) is 8.94. The number of benzene rings is 3. The normalized spacial score (nSPS) is 11.0. The average Bonchev–Trinajstić information content (AvgIpc) is 2.72. The van der Waals surface area contributed by atoms with Gasteiger partial charge in [0.05, 0.1) is 12.5 Å². The molecule has 0 radical (unpaired) electrons. The van der Waals surface area contributed by atoms with E-state index in [4.69, 9.17) is 14.7 Å². The molecule has 0 N–H and O–H groups in total. The third kappa shape index (κ3) is 5.29. The van der Waals surface area contributed by atoms with Crippen LogP contribution in [0, 0.1) is 11.3 Å². The highest BCUT2D eigenvalue weighted by Crippen LogP contribution is 2.44. The Hall–Kier alpha value is -3.46. The molecular formula is C23H18F3NO2. The molecule has 0 aliphatic rings. The molecule has 0 atom stereocenters. The Morgan fingerprint density at radius 3 is 1.83 bits per heavy atom. The van der Waals surface area contributed by atoms with Gasteiger partial charge in [-0.05, 0) is 22.8 Å². The van der Waals surface area contributed by atoms with Gasteiger partial charge in [-0.15, -0.1) is 0 Å². The molecular weight excluding hydrogens is 379 g/mol. The van der Waals surface area contributed by atoms with E-state index in [-0.39, 0.29) is 30.9 Å². The van der Waals surface area contributed by atoms with Gasteiger partial charge in [0.1, 0.15) is 18.8 Å². The summed E-state index contributed by atoms with van der Waals surface area (Å²) in [6.07, 6.45) is -5.07. The van der Waals surface area contributed by atoms with Crippen molar-refractivity contribution in [1.82, 2.24) is 0 Å². The predicted octanol–water partition coefficient (Wildman–Crippen LogP) is 5.93. The zero-order valence-corrected chi connectivity index (χ0v) is 15.4. The van der Waals surface area contributed by atoms with Gasteiger partial charge < -0.3 is 9.47 Å². The summed E-state index contributed by atoms with van der Waals surface area (Å²) >= 11 is 0. The second-order valence-electron chi connectivity index (χ2n) is 6.31. The molecule has 3 rings (SSSR count). The lowest BCUT2D eigenvalue weighted by Crippen LogP contribution is -2.14. The Morgan fingerprint density at radius 1 is 0.759 bits per heavy atom. The summed E-state index contributed by atoms with van der Waals surface area (Å²) in [4.78, 5) is 0. The van der Waals surface area contributed by atoms with Crippen molar-refractivity contribution in [2.45, 2.75) is 25.8 Å². The van der Waals surface area contributed by atoms with Crippen molar-refractivity contribution in [3.05, 3.63) is 95.1 Å². The molecule has 3 aromatic rings. The summed E-state index contributed by atoms with van der Waals surface area (Å²) in [6, 6.07) is 22.5. The predicted molar refractivity (Wildman–Crippen MR) is 102 cm³/mol. The van der Waals surface area contributed by atoms with Gasteiger partial charge in [0, 0.05) is 0 Å². The molecule has 0 aliphatic heterocycles. The number of ether oxygens (including phenoxy) is 2. The maximum atomic E-state index is 13.9. The van der Waals surface area contributed by atoms with Crippen LogP contribution >= 0.6 is 0 Å². The zero-order valence-electron chi connectivity index (χ0n) is 15.4. The highest BCUT2D eigenvalue weighted by atomic mass is 19.4. The largest absolute Gasteiger partial charge is 0.485 e. The Balaban J connectivity index is 1.98. The van der Waals surface area contributed by atoms with E-state index in [2.05, 4.69) is 0 Å². The molecule has 0 fully saturated rings. The number of hydrogen-bond donors (Lipinski definition) is 0. The van der Waals surface area contributed by atoms with E-state index in [9.17, 15) is 13.2 Å². The van der Waals surface area contributed by atoms with Crippen LogP contribution in [0.2, 0.25) is 0 Å². The zero-order chi connectivity index (χ0) is 20.7. The molecule has 0 unspecified atom stereocenters. The molecule has 0 saturated heterocycles. The van der Waals surface area contributed by atoms with Crippen molar-refractivity contribution in [3.8, 4) is 17.6 Å². The van der Waals surface area contributed by atoms with Crippen molar-refractivity contribution in [1.29, 1.82) is 5.26 Å². The SMILES string of the molecule is N#CCc1ccc(OCc2ccccc2)c(OCc2ccccc2)c1C(F)(F)F. The Bertz CT molecular complexity index is 981. The lowest BCUT2D eigenvalue weighted by Gasteiger charge is -2.20. The molecule has 0 saturated carbocycles. The van der Waals surface area contributed by atoms with E-state index >= 15 is 0 Å². The summed E-state index contributed by atoms with van der Waals surface area (Å²) in [5.41, 5.74) is 0.423. The minimum Gasteiger partial charge on any atom is -0.485 e. The maximum absolute atomic E-state index is 13.9. The van der Waals surface area contributed by atoms with Crippen LogP contribution in [0.25, 0.3) is 0 Å². The Morgan fingerprint density at radius 2 is 1.31 bits per heavy atom. The van der Waals surface area contributed by atoms with E-state index in [1.165, 1.54) is 12.1 Å². The van der Waals surface area contributed by atoms with Gasteiger partial charge in [-0.1, -0.05) is 66.7 Å². The number of alkyl halides is 3. The minimum atomic E-state index is -4.69. The first-order valence-corrected chi connectivity index (χ1v) is 8.92. The van der Waals surface area contributed by atoms with Gasteiger partial charge in [0.15, 0.2) is 11.5 Å². The monoisotopic (exact) mass is 397 g/mol. The topological polar surface area (TPSA) is 42.2 Å². The van der Waals surface area contributed by atoms with E-state index in [1.807, 2.05) is 36.4 Å². The number of hydrogen-bond acceptors (Lipinski definition) is 3. The number of halogens is 3. The third-order valence-corrected chi connectivity index (χ3v) is 4.22. The maximum Gasteiger partial charge on any atom is 0.420 e. The standard InChI is InChI=1S/C23H18F3NO2/c24-23(25,26)21-19(13-14-27)11-12-20(28-15-17-7-3-1-4-8-17)22(21)29-16-18-9-5-2-6-10-18/h1-12H,13,15-16H2. The van der Waals surface area contributed by atoms with Gasteiger partial charge in [-0.3, -0.25) is 0 Å². The fraction of sp³-hybridized carbons (Fsp3) is 0.174. The Labute approximate surface area is 166 Å². The first-order chi connectivity index (χ1) is 14.0. The molecule has 0 heterocycles. The molecule has 0 bridgehead atoms. The van der Waals surface area contributed by atoms with Crippen LogP contribution in [0.15, 0.2) is 72.8 Å². The second kappa shape index (κ2) is 9.16. The highest BCUT2D eigenvalue weighted by Gasteiger charge is 2.39. The van der Waals surface area contributed by atoms with E-state index in [0.29, 0.717) is 0 Å². The molecule has 0 aliphatic carbocycles. The van der Waals surface area contributed by atoms with Crippen LogP contribution in [0.1, 0.15) is 22.3 Å². The van der Waals surface area contributed by atoms with E-state index in [0.717, 1.165) is 11.1 Å². The fourth-order valence-electron chi connectivity index (χ4n) is 2.87. The second-order valence-corrected chi connectivity index (χ2v) is 6.31. The minimum absolute atomic E-state index is 0.0150. The first-order valence-electron chi connectivity index (χ1n) is 8.92. The van der Waals surface area contributed by atoms with Crippen LogP contribution in [-0.4, -0.2) is 0 Å². The fourth-order valence-corrected chi connectivity index (χ4v) is 2.87. The van der Waals surface area contributed by atoms with Gasteiger partial charge in [0.2, 0.25) is 0 Å². The van der Waals surface area contributed by atoms with Gasteiger partial charge in [-0.2, -0.15) is 18.4 Å². The van der Waals surface area contributed by atoms with Crippen molar-refractivity contribution in [3.63, 3.8) is 0 Å². The lowest BCUT2D eigenvalue weighted by atomic mass is 10.0. The first kappa shape index (κ1) is 20.3. The van der Waals surface area contributed by atoms with Crippen LogP contribution in [0.5, 0.6) is 11.5 Å². The van der Waals surface area contributed by atoms with Crippen LogP contribution < -0.4 is 9.47 Å². The van der Waals surface area contributed by atoms with Crippen molar-refractivity contribution in [2.75, 3.05) is 0 Å². The molecule has 0 amide bonds. The molecule has 29 heavy (non-hydrogen) atoms. The lowest BCUT2D eigenvalue weighted by molar-refractivity contribution is -0.139. The highest BCUT2D eigenvalue weighted by molar-refractivity contribution is 5.53. The molecule has 6 heteroatoms. The average molecular weight is 397 g/mol. The summed E-state index contributed by atoms with van der Waals surface area (Å²) in [5.74, 6) is -0.413. The summed E-state index contributed by atoms with van der Waals surface area (Å²) in [7, 11) is 0. The van der Waals surface area contributed by atoms with Crippen LogP contribution in [-0.2, 0) is 25.8 Å². The van der Waals surface area contributed by atoms with Gasteiger partial charge in [0.25, 0.3) is 0 Å². The van der Waals surface area contributed by atoms with E-state index in [1.54, 1.807) is 30.3 Å². The van der Waals surface area contributed by atoms with Crippen LogP contribution in [0.3, 0.4) is 0 Å². The molecule has 3 nitrogen and oxygen atoms in total. The smallest absolute Gasteiger partial charge is 0.420 e. The van der Waals surface area contributed by atoms with Crippen LogP contribution in [0.4, 0.5) is 13.2 Å². The number of nitriles is 1. The summed E-state index contributed by atoms with van der Waals surface area (Å²) in [6.45, 7) is 0.0407. The molecule has 3 aromatic carbocycles. The summed E-state index contributed by atoms with van der Waals surface area (Å²) < 4.78 is 52.8. The van der Waals surface area contributed by atoms with Crippen molar-refractivity contribution >= 4 is 0 Å². The van der Waals surface area contributed by atoms with Crippen molar-refractivity contribution in [2.24, 2.45) is 0 Å². The molecule has 148 valence electrons.